The highest BCUT2D eigenvalue weighted by Crippen LogP contribution is 2.12. The van der Waals surface area contributed by atoms with Gasteiger partial charge in [0, 0.05) is 25.3 Å². The molecule has 0 fully saturated rings. The third-order valence-electron chi connectivity index (χ3n) is 3.36. The number of anilines is 1. The van der Waals surface area contributed by atoms with Gasteiger partial charge in [-0.15, -0.1) is 0 Å². The van der Waals surface area contributed by atoms with Crippen LogP contribution in [-0.4, -0.2) is 18.5 Å². The van der Waals surface area contributed by atoms with Crippen molar-refractivity contribution in [3.05, 3.63) is 65.2 Å². The molecule has 0 amide bonds. The van der Waals surface area contributed by atoms with Crippen LogP contribution in [0.4, 0.5) is 5.69 Å². The Hall–Kier alpha value is -1.80. The molecule has 120 valence electrons. The molecule has 0 aliphatic carbocycles. The van der Waals surface area contributed by atoms with Crippen molar-refractivity contribution in [3.8, 4) is 0 Å². The van der Waals surface area contributed by atoms with Gasteiger partial charge < -0.3 is 5.32 Å². The maximum atomic E-state index is 3.32. The molecule has 2 rings (SSSR count). The Morgan fingerprint density at radius 2 is 1.27 bits per heavy atom. The average molecular weight is 298 g/mol. The van der Waals surface area contributed by atoms with Crippen molar-refractivity contribution >= 4 is 5.69 Å². The molecular formula is C20H30N2. The van der Waals surface area contributed by atoms with Crippen molar-refractivity contribution in [3.63, 3.8) is 0 Å². The van der Waals surface area contributed by atoms with Crippen molar-refractivity contribution in [1.29, 1.82) is 0 Å². The summed E-state index contributed by atoms with van der Waals surface area (Å²) in [6.45, 7) is 11.2. The van der Waals surface area contributed by atoms with E-state index in [0.29, 0.717) is 0 Å². The number of nitrogens with zero attached hydrogens (tertiary/aromatic N) is 1. The van der Waals surface area contributed by atoms with E-state index in [9.17, 15) is 0 Å². The standard InChI is InChI=1S/C18H24N2.C2H6/c1-4-19-18-11-9-17(10-12-18)14-20(3)13-16-7-5-15(2)6-8-16;1-2/h5-12,19H,4,13-14H2,1-3H3;1-2H3. The van der Waals surface area contributed by atoms with Gasteiger partial charge in [0.25, 0.3) is 0 Å². The molecule has 0 aromatic heterocycles. The van der Waals surface area contributed by atoms with Gasteiger partial charge in [-0.05, 0) is 44.2 Å². The minimum Gasteiger partial charge on any atom is -0.385 e. The number of hydrogen-bond acceptors (Lipinski definition) is 2. The number of benzene rings is 2. The Morgan fingerprint density at radius 1 is 0.818 bits per heavy atom. The van der Waals surface area contributed by atoms with Crippen molar-refractivity contribution in [1.82, 2.24) is 4.90 Å². The van der Waals surface area contributed by atoms with Crippen LogP contribution in [0.5, 0.6) is 0 Å². The monoisotopic (exact) mass is 298 g/mol. The van der Waals surface area contributed by atoms with Gasteiger partial charge in [0.1, 0.15) is 0 Å². The van der Waals surface area contributed by atoms with E-state index in [1.807, 2.05) is 13.8 Å². The molecule has 0 saturated carbocycles. The number of nitrogens with one attached hydrogen (secondary N) is 1. The molecular weight excluding hydrogens is 268 g/mol. The molecule has 0 bridgehead atoms. The first-order valence-corrected chi connectivity index (χ1v) is 8.24. The van der Waals surface area contributed by atoms with Crippen LogP contribution in [0.25, 0.3) is 0 Å². The number of hydrogen-bond donors (Lipinski definition) is 1. The first-order chi connectivity index (χ1) is 10.7. The minimum atomic E-state index is 0.965. The Kier molecular flexibility index (Phi) is 8.31. The summed E-state index contributed by atoms with van der Waals surface area (Å²) >= 11 is 0. The Morgan fingerprint density at radius 3 is 1.73 bits per heavy atom. The summed E-state index contributed by atoms with van der Waals surface area (Å²) in [5.74, 6) is 0. The van der Waals surface area contributed by atoms with Crippen LogP contribution in [0.2, 0.25) is 0 Å². The third kappa shape index (κ3) is 6.31. The third-order valence-corrected chi connectivity index (χ3v) is 3.36. The largest absolute Gasteiger partial charge is 0.385 e. The van der Waals surface area contributed by atoms with Crippen molar-refractivity contribution < 1.29 is 0 Å². The molecule has 0 saturated heterocycles. The van der Waals surface area contributed by atoms with Gasteiger partial charge in [0.05, 0.1) is 0 Å². The SMILES string of the molecule is CC.CCNc1ccc(CN(C)Cc2ccc(C)cc2)cc1. The lowest BCUT2D eigenvalue weighted by molar-refractivity contribution is 0.319. The van der Waals surface area contributed by atoms with E-state index < -0.39 is 0 Å². The topological polar surface area (TPSA) is 15.3 Å². The molecule has 0 unspecified atom stereocenters. The van der Waals surface area contributed by atoms with E-state index in [2.05, 4.69) is 79.6 Å². The molecule has 0 aliphatic heterocycles. The fourth-order valence-corrected chi connectivity index (χ4v) is 2.30. The van der Waals surface area contributed by atoms with Crippen LogP contribution < -0.4 is 5.32 Å². The second-order valence-corrected chi connectivity index (χ2v) is 5.39. The Labute approximate surface area is 136 Å². The molecule has 22 heavy (non-hydrogen) atoms. The molecule has 1 N–H and O–H groups in total. The quantitative estimate of drug-likeness (QED) is 0.799. The zero-order valence-electron chi connectivity index (χ0n) is 14.7. The average Bonchev–Trinajstić information content (AvgIpc) is 2.54. The van der Waals surface area contributed by atoms with Crippen LogP contribution in [-0.2, 0) is 13.1 Å². The second-order valence-electron chi connectivity index (χ2n) is 5.39. The zero-order chi connectivity index (χ0) is 16.4. The van der Waals surface area contributed by atoms with Gasteiger partial charge in [-0.1, -0.05) is 55.8 Å². The van der Waals surface area contributed by atoms with E-state index >= 15 is 0 Å². The van der Waals surface area contributed by atoms with Gasteiger partial charge in [-0.3, -0.25) is 4.90 Å². The summed E-state index contributed by atoms with van der Waals surface area (Å²) in [5.41, 5.74) is 5.22. The molecule has 2 aromatic rings. The maximum absolute atomic E-state index is 3.32. The fraction of sp³-hybridized carbons (Fsp3) is 0.400. The number of rotatable bonds is 6. The van der Waals surface area contributed by atoms with E-state index in [1.165, 1.54) is 22.4 Å². The maximum Gasteiger partial charge on any atom is 0.0340 e. The van der Waals surface area contributed by atoms with Gasteiger partial charge >= 0.3 is 0 Å². The van der Waals surface area contributed by atoms with Crippen LogP contribution in [0.15, 0.2) is 48.5 Å². The molecule has 0 atom stereocenters. The first kappa shape index (κ1) is 18.2. The van der Waals surface area contributed by atoms with E-state index in [-0.39, 0.29) is 0 Å². The summed E-state index contributed by atoms with van der Waals surface area (Å²) in [6, 6.07) is 17.5. The predicted octanol–water partition coefficient (Wildman–Crippen LogP) is 5.09. The van der Waals surface area contributed by atoms with Gasteiger partial charge in [0.15, 0.2) is 0 Å². The lowest BCUT2D eigenvalue weighted by Crippen LogP contribution is -2.17. The highest BCUT2D eigenvalue weighted by Gasteiger charge is 2.02. The fourth-order valence-electron chi connectivity index (χ4n) is 2.30. The predicted molar refractivity (Wildman–Crippen MR) is 98.3 cm³/mol. The van der Waals surface area contributed by atoms with Gasteiger partial charge in [-0.25, -0.2) is 0 Å². The molecule has 0 radical (unpaired) electrons. The smallest absolute Gasteiger partial charge is 0.0340 e. The molecule has 0 heterocycles. The minimum absolute atomic E-state index is 0.965. The van der Waals surface area contributed by atoms with E-state index in [0.717, 1.165) is 19.6 Å². The van der Waals surface area contributed by atoms with Crippen molar-refractivity contribution in [2.24, 2.45) is 0 Å². The van der Waals surface area contributed by atoms with E-state index in [4.69, 9.17) is 0 Å². The highest BCUT2D eigenvalue weighted by molar-refractivity contribution is 5.44. The number of aryl methyl sites for hydroxylation is 1. The molecule has 2 nitrogen and oxygen atoms in total. The summed E-state index contributed by atoms with van der Waals surface area (Å²) in [5, 5.41) is 3.32. The van der Waals surface area contributed by atoms with Crippen molar-refractivity contribution in [2.75, 3.05) is 18.9 Å². The van der Waals surface area contributed by atoms with E-state index in [1.54, 1.807) is 0 Å². The molecule has 2 heteroatoms. The lowest BCUT2D eigenvalue weighted by Gasteiger charge is -2.17. The lowest BCUT2D eigenvalue weighted by atomic mass is 10.1. The summed E-state index contributed by atoms with van der Waals surface area (Å²) in [7, 11) is 2.16. The highest BCUT2D eigenvalue weighted by atomic mass is 15.1. The zero-order valence-corrected chi connectivity index (χ0v) is 14.7. The molecule has 2 aromatic carbocycles. The van der Waals surface area contributed by atoms with Gasteiger partial charge in [-0.2, -0.15) is 0 Å². The molecule has 0 aliphatic rings. The van der Waals surface area contributed by atoms with Crippen molar-refractivity contribution in [2.45, 2.75) is 40.8 Å². The summed E-state index contributed by atoms with van der Waals surface area (Å²) < 4.78 is 0. The van der Waals surface area contributed by atoms with Gasteiger partial charge in [0.2, 0.25) is 0 Å². The second kappa shape index (κ2) is 10.0. The molecule has 0 spiro atoms. The first-order valence-electron chi connectivity index (χ1n) is 8.24. The summed E-state index contributed by atoms with van der Waals surface area (Å²) in [4.78, 5) is 2.34. The Bertz CT molecular complexity index is 514. The van der Waals surface area contributed by atoms with Crippen LogP contribution in [0.1, 0.15) is 37.5 Å². The van der Waals surface area contributed by atoms with Crippen LogP contribution in [0.3, 0.4) is 0 Å². The van der Waals surface area contributed by atoms with Crippen LogP contribution in [0, 0.1) is 6.92 Å². The Balaban J connectivity index is 0.00000116. The van der Waals surface area contributed by atoms with Crippen LogP contribution >= 0.6 is 0 Å². The summed E-state index contributed by atoms with van der Waals surface area (Å²) in [6.07, 6.45) is 0. The normalized spacial score (nSPS) is 10.1.